The zero-order valence-corrected chi connectivity index (χ0v) is 11.8. The third-order valence-electron chi connectivity index (χ3n) is 2.61. The average Bonchev–Trinajstić information content (AvgIpc) is 2.45. The van der Waals surface area contributed by atoms with E-state index in [1.807, 2.05) is 0 Å². The minimum Gasteiger partial charge on any atom is -0.506 e. The molecule has 0 fully saturated rings. The van der Waals surface area contributed by atoms with Crippen molar-refractivity contribution in [2.75, 3.05) is 10.6 Å². The smallest absolute Gasteiger partial charge is 0.314 e. The van der Waals surface area contributed by atoms with Gasteiger partial charge in [-0.2, -0.15) is 0 Å². The fourth-order valence-corrected chi connectivity index (χ4v) is 1.75. The molecule has 2 amide bonds. The Kier molecular flexibility index (Phi) is 4.39. The second kappa shape index (κ2) is 6.23. The molecule has 7 heteroatoms. The van der Waals surface area contributed by atoms with Crippen LogP contribution in [-0.2, 0) is 9.59 Å². The molecule has 1 heterocycles. The maximum Gasteiger partial charge on any atom is 0.314 e. The maximum absolute atomic E-state index is 11.8. The maximum atomic E-state index is 11.8. The highest BCUT2D eigenvalue weighted by atomic mass is 35.5. The highest BCUT2D eigenvalue weighted by Gasteiger charge is 2.17. The molecule has 1 aromatic carbocycles. The highest BCUT2D eigenvalue weighted by Crippen LogP contribution is 2.24. The number of nitrogens with one attached hydrogen (secondary N) is 2. The molecule has 0 saturated heterocycles. The minimum atomic E-state index is -0.921. The van der Waals surface area contributed by atoms with Gasteiger partial charge in [-0.3, -0.25) is 9.59 Å². The van der Waals surface area contributed by atoms with Crippen molar-refractivity contribution >= 4 is 34.8 Å². The van der Waals surface area contributed by atoms with E-state index in [9.17, 15) is 14.7 Å². The van der Waals surface area contributed by atoms with Crippen molar-refractivity contribution < 1.29 is 14.7 Å². The normalized spacial score (nSPS) is 10.0. The third kappa shape index (κ3) is 3.70. The van der Waals surface area contributed by atoms with Crippen LogP contribution in [0.1, 0.15) is 5.56 Å². The Hall–Kier alpha value is -2.60. The van der Waals surface area contributed by atoms with Gasteiger partial charge in [0, 0.05) is 6.20 Å². The van der Waals surface area contributed by atoms with E-state index in [2.05, 4.69) is 15.6 Å². The van der Waals surface area contributed by atoms with Crippen LogP contribution in [0, 0.1) is 6.92 Å². The molecule has 0 bridgehead atoms. The van der Waals surface area contributed by atoms with Crippen LogP contribution in [0.25, 0.3) is 0 Å². The predicted octanol–water partition coefficient (Wildman–Crippen LogP) is 2.33. The van der Waals surface area contributed by atoms with Gasteiger partial charge in [-0.25, -0.2) is 4.98 Å². The summed E-state index contributed by atoms with van der Waals surface area (Å²) in [6.45, 7) is 1.80. The number of pyridine rings is 1. The second-order valence-electron chi connectivity index (χ2n) is 4.27. The van der Waals surface area contributed by atoms with E-state index in [4.69, 9.17) is 11.6 Å². The van der Waals surface area contributed by atoms with Gasteiger partial charge < -0.3 is 15.7 Å². The van der Waals surface area contributed by atoms with Gasteiger partial charge in [-0.05, 0) is 36.8 Å². The van der Waals surface area contributed by atoms with Crippen LogP contribution in [0.15, 0.2) is 36.5 Å². The van der Waals surface area contributed by atoms with Crippen LogP contribution in [0.2, 0.25) is 5.15 Å². The van der Waals surface area contributed by atoms with E-state index < -0.39 is 11.8 Å². The topological polar surface area (TPSA) is 91.3 Å². The molecule has 3 N–H and O–H groups in total. The number of hydrogen-bond donors (Lipinski definition) is 3. The standard InChI is InChI=1S/C14H12ClN3O3/c1-8-4-5-11(19)10(7-8)18-14(21)13(20)17-9-3-2-6-16-12(9)15/h2-7,19H,1H3,(H,17,20)(H,18,21). The van der Waals surface area contributed by atoms with Crippen LogP contribution in [-0.4, -0.2) is 21.9 Å². The van der Waals surface area contributed by atoms with Gasteiger partial charge in [0.15, 0.2) is 5.15 Å². The second-order valence-corrected chi connectivity index (χ2v) is 4.63. The Labute approximate surface area is 125 Å². The van der Waals surface area contributed by atoms with E-state index in [0.29, 0.717) is 0 Å². The highest BCUT2D eigenvalue weighted by molar-refractivity contribution is 6.44. The molecule has 21 heavy (non-hydrogen) atoms. The van der Waals surface area contributed by atoms with Crippen molar-refractivity contribution in [2.45, 2.75) is 6.92 Å². The summed E-state index contributed by atoms with van der Waals surface area (Å²) in [5, 5.41) is 14.4. The summed E-state index contributed by atoms with van der Waals surface area (Å²) < 4.78 is 0. The summed E-state index contributed by atoms with van der Waals surface area (Å²) in [6, 6.07) is 7.76. The van der Waals surface area contributed by atoms with Gasteiger partial charge in [0.1, 0.15) is 5.75 Å². The molecule has 0 aliphatic rings. The van der Waals surface area contributed by atoms with Crippen molar-refractivity contribution in [3.05, 3.63) is 47.2 Å². The van der Waals surface area contributed by atoms with Crippen LogP contribution in [0.4, 0.5) is 11.4 Å². The van der Waals surface area contributed by atoms with Gasteiger partial charge in [-0.15, -0.1) is 0 Å². The SMILES string of the molecule is Cc1ccc(O)c(NC(=O)C(=O)Nc2cccnc2Cl)c1. The van der Waals surface area contributed by atoms with Gasteiger partial charge in [0.25, 0.3) is 0 Å². The lowest BCUT2D eigenvalue weighted by molar-refractivity contribution is -0.133. The van der Waals surface area contributed by atoms with Crippen LogP contribution in [0.5, 0.6) is 5.75 Å². The molecule has 0 spiro atoms. The van der Waals surface area contributed by atoms with Crippen LogP contribution in [0.3, 0.4) is 0 Å². The number of amides is 2. The lowest BCUT2D eigenvalue weighted by atomic mass is 10.2. The van der Waals surface area contributed by atoms with E-state index >= 15 is 0 Å². The summed E-state index contributed by atoms with van der Waals surface area (Å²) in [4.78, 5) is 27.3. The molecule has 0 unspecified atom stereocenters. The number of phenolic OH excluding ortho intramolecular Hbond substituents is 1. The number of phenols is 1. The molecule has 1 aromatic heterocycles. The van der Waals surface area contributed by atoms with Crippen molar-refractivity contribution in [3.8, 4) is 5.75 Å². The first-order valence-corrected chi connectivity index (χ1v) is 6.37. The largest absolute Gasteiger partial charge is 0.506 e. The van der Waals surface area contributed by atoms with Crippen LogP contribution >= 0.6 is 11.6 Å². The van der Waals surface area contributed by atoms with Gasteiger partial charge in [0.05, 0.1) is 11.4 Å². The van der Waals surface area contributed by atoms with E-state index in [1.165, 1.54) is 18.3 Å². The first-order chi connectivity index (χ1) is 9.97. The molecular formula is C14H12ClN3O3. The summed E-state index contributed by atoms with van der Waals surface area (Å²) in [7, 11) is 0. The molecule has 0 saturated carbocycles. The lowest BCUT2D eigenvalue weighted by Crippen LogP contribution is -2.29. The van der Waals surface area contributed by atoms with E-state index in [0.717, 1.165) is 5.56 Å². The summed E-state index contributed by atoms with van der Waals surface area (Å²) in [6.07, 6.45) is 1.46. The monoisotopic (exact) mass is 305 g/mol. The molecule has 108 valence electrons. The number of carbonyl (C=O) groups excluding carboxylic acids is 2. The molecule has 0 atom stereocenters. The number of nitrogens with zero attached hydrogens (tertiary/aromatic N) is 1. The van der Waals surface area contributed by atoms with Gasteiger partial charge >= 0.3 is 11.8 Å². The van der Waals surface area contributed by atoms with Crippen molar-refractivity contribution in [1.29, 1.82) is 0 Å². The molecule has 0 radical (unpaired) electrons. The zero-order chi connectivity index (χ0) is 15.4. The number of benzene rings is 1. The zero-order valence-electron chi connectivity index (χ0n) is 11.1. The molecule has 0 aliphatic carbocycles. The first kappa shape index (κ1) is 14.8. The summed E-state index contributed by atoms with van der Waals surface area (Å²) in [5.74, 6) is -1.96. The van der Waals surface area contributed by atoms with Gasteiger partial charge in [0.2, 0.25) is 0 Å². The quantitative estimate of drug-likeness (QED) is 0.451. The van der Waals surface area contributed by atoms with E-state index in [-0.39, 0.29) is 22.3 Å². The van der Waals surface area contributed by atoms with Crippen molar-refractivity contribution in [2.24, 2.45) is 0 Å². The number of aryl methyl sites for hydroxylation is 1. The fourth-order valence-electron chi connectivity index (χ4n) is 1.59. The number of aromatic nitrogens is 1. The molecular weight excluding hydrogens is 294 g/mol. The Bertz CT molecular complexity index is 704. The number of aromatic hydroxyl groups is 1. The fraction of sp³-hybridized carbons (Fsp3) is 0.0714. The molecule has 0 aliphatic heterocycles. The lowest BCUT2D eigenvalue weighted by Gasteiger charge is -2.09. The number of hydrogen-bond acceptors (Lipinski definition) is 4. The number of carbonyl (C=O) groups is 2. The van der Waals surface area contributed by atoms with Crippen molar-refractivity contribution in [1.82, 2.24) is 4.98 Å². The summed E-state index contributed by atoms with van der Waals surface area (Å²) >= 11 is 5.78. The summed E-state index contributed by atoms with van der Waals surface area (Å²) in [5.41, 5.74) is 1.22. The Morgan fingerprint density at radius 3 is 2.48 bits per heavy atom. The van der Waals surface area contributed by atoms with Crippen molar-refractivity contribution in [3.63, 3.8) is 0 Å². The number of halogens is 1. The average molecular weight is 306 g/mol. The van der Waals surface area contributed by atoms with E-state index in [1.54, 1.807) is 25.1 Å². The Morgan fingerprint density at radius 2 is 1.81 bits per heavy atom. The first-order valence-electron chi connectivity index (χ1n) is 6.00. The Morgan fingerprint density at radius 1 is 1.14 bits per heavy atom. The third-order valence-corrected chi connectivity index (χ3v) is 2.91. The predicted molar refractivity (Wildman–Crippen MR) is 79.4 cm³/mol. The minimum absolute atomic E-state index is 0.0806. The number of anilines is 2. The molecule has 2 rings (SSSR count). The van der Waals surface area contributed by atoms with Crippen LogP contribution < -0.4 is 10.6 Å². The van der Waals surface area contributed by atoms with Gasteiger partial charge in [-0.1, -0.05) is 17.7 Å². The number of rotatable bonds is 2. The Balaban J connectivity index is 2.08. The molecule has 2 aromatic rings. The molecule has 6 nitrogen and oxygen atoms in total.